The van der Waals surface area contributed by atoms with Crippen molar-refractivity contribution in [2.75, 3.05) is 6.61 Å². The van der Waals surface area contributed by atoms with Crippen LogP contribution in [-0.4, -0.2) is 11.6 Å². The molecule has 2 nitrogen and oxygen atoms in total. The Balaban J connectivity index is 1.55. The second-order valence-corrected chi connectivity index (χ2v) is 5.72. The van der Waals surface area contributed by atoms with Gasteiger partial charge in [0.25, 0.3) is 0 Å². The van der Waals surface area contributed by atoms with Gasteiger partial charge in [-0.25, -0.2) is 0 Å². The van der Waals surface area contributed by atoms with E-state index in [1.807, 2.05) is 18.3 Å². The van der Waals surface area contributed by atoms with Crippen molar-refractivity contribution in [1.29, 1.82) is 0 Å². The molecule has 0 saturated carbocycles. The third-order valence-corrected chi connectivity index (χ3v) is 4.05. The molecule has 3 rings (SSSR count). The van der Waals surface area contributed by atoms with E-state index in [9.17, 15) is 0 Å². The molecule has 0 aliphatic heterocycles. The number of aromatic nitrogens is 1. The van der Waals surface area contributed by atoms with Gasteiger partial charge >= 0.3 is 0 Å². The van der Waals surface area contributed by atoms with E-state index in [0.717, 1.165) is 37.1 Å². The summed E-state index contributed by atoms with van der Waals surface area (Å²) in [5, 5.41) is 0. The summed E-state index contributed by atoms with van der Waals surface area (Å²) >= 11 is 0. The highest BCUT2D eigenvalue weighted by atomic mass is 16.5. The molecule has 1 aliphatic carbocycles. The molecule has 0 saturated heterocycles. The molecule has 0 N–H and O–H groups in total. The van der Waals surface area contributed by atoms with Gasteiger partial charge in [-0.3, -0.25) is 4.98 Å². The van der Waals surface area contributed by atoms with Crippen molar-refractivity contribution in [2.24, 2.45) is 5.92 Å². The molecule has 1 aliphatic rings. The van der Waals surface area contributed by atoms with Crippen molar-refractivity contribution < 1.29 is 4.74 Å². The number of hydrogen-bond acceptors (Lipinski definition) is 2. The van der Waals surface area contributed by atoms with Crippen molar-refractivity contribution in [3.05, 3.63) is 72.1 Å². The van der Waals surface area contributed by atoms with Crippen LogP contribution in [0.4, 0.5) is 0 Å². The van der Waals surface area contributed by atoms with Gasteiger partial charge in [0.05, 0.1) is 18.9 Å². The van der Waals surface area contributed by atoms with Crippen LogP contribution in [0.3, 0.4) is 0 Å². The quantitative estimate of drug-likeness (QED) is 0.780. The van der Waals surface area contributed by atoms with Crippen molar-refractivity contribution in [3.8, 4) is 0 Å². The van der Waals surface area contributed by atoms with Gasteiger partial charge in [-0.15, -0.1) is 0 Å². The van der Waals surface area contributed by atoms with Gasteiger partial charge in [0.15, 0.2) is 0 Å². The third-order valence-electron chi connectivity index (χ3n) is 4.05. The van der Waals surface area contributed by atoms with Gasteiger partial charge in [-0.05, 0) is 47.9 Å². The van der Waals surface area contributed by atoms with Crippen molar-refractivity contribution in [1.82, 2.24) is 4.98 Å². The molecule has 1 aromatic heterocycles. The smallest absolute Gasteiger partial charge is 0.0717 e. The van der Waals surface area contributed by atoms with Crippen LogP contribution >= 0.6 is 0 Å². The zero-order valence-corrected chi connectivity index (χ0v) is 12.3. The number of nitrogens with zero attached hydrogens (tertiary/aromatic N) is 1. The van der Waals surface area contributed by atoms with Crippen LogP contribution in [0.25, 0.3) is 5.57 Å². The molecule has 1 heterocycles. The number of allylic oxidation sites excluding steroid dienone is 1. The van der Waals surface area contributed by atoms with Crippen LogP contribution in [0, 0.1) is 5.92 Å². The number of fused-ring (bicyclic) bond motifs is 1. The molecule has 21 heavy (non-hydrogen) atoms. The number of hydrogen-bond donors (Lipinski definition) is 0. The second kappa shape index (κ2) is 6.68. The monoisotopic (exact) mass is 279 g/mol. The van der Waals surface area contributed by atoms with E-state index < -0.39 is 0 Å². The molecule has 0 radical (unpaired) electrons. The van der Waals surface area contributed by atoms with E-state index in [0.29, 0.717) is 12.5 Å². The van der Waals surface area contributed by atoms with Crippen molar-refractivity contribution >= 4 is 5.57 Å². The fourth-order valence-electron chi connectivity index (χ4n) is 2.93. The summed E-state index contributed by atoms with van der Waals surface area (Å²) in [6, 6.07) is 14.5. The molecule has 1 unspecified atom stereocenters. The predicted octanol–water partition coefficient (Wildman–Crippen LogP) is 4.26. The van der Waals surface area contributed by atoms with Crippen LogP contribution < -0.4 is 0 Å². The largest absolute Gasteiger partial charge is 0.376 e. The van der Waals surface area contributed by atoms with Crippen LogP contribution in [0.2, 0.25) is 0 Å². The zero-order chi connectivity index (χ0) is 14.5. The maximum atomic E-state index is 5.90. The van der Waals surface area contributed by atoms with E-state index in [-0.39, 0.29) is 0 Å². The summed E-state index contributed by atoms with van der Waals surface area (Å²) in [5.74, 6) is 0.537. The highest BCUT2D eigenvalue weighted by molar-refractivity contribution is 5.63. The lowest BCUT2D eigenvalue weighted by atomic mass is 9.99. The van der Waals surface area contributed by atoms with E-state index in [4.69, 9.17) is 4.74 Å². The fraction of sp³-hybridized carbons (Fsp3) is 0.316. The lowest BCUT2D eigenvalue weighted by Gasteiger charge is -2.15. The summed E-state index contributed by atoms with van der Waals surface area (Å²) in [6.45, 7) is 5.70. The molecule has 2 aromatic rings. The standard InChI is InChI=1S/C19H21NO/c1-15-12-17(9-10-18-8-5-11-20-19(15)18)14-21-13-16-6-3-2-4-7-16/h2-8,11,17H,1,9-10,12-14H2. The summed E-state index contributed by atoms with van der Waals surface area (Å²) in [5.41, 5.74) is 4.81. The van der Waals surface area contributed by atoms with Crippen LogP contribution in [0.5, 0.6) is 0 Å². The number of pyridine rings is 1. The fourth-order valence-corrected chi connectivity index (χ4v) is 2.93. The topological polar surface area (TPSA) is 22.1 Å². The minimum Gasteiger partial charge on any atom is -0.376 e. The van der Waals surface area contributed by atoms with E-state index in [1.54, 1.807) is 0 Å². The molecule has 1 atom stereocenters. The Hall–Kier alpha value is -1.93. The first-order valence-electron chi connectivity index (χ1n) is 7.56. The second-order valence-electron chi connectivity index (χ2n) is 5.72. The lowest BCUT2D eigenvalue weighted by molar-refractivity contribution is 0.0860. The number of rotatable bonds is 4. The SMILES string of the molecule is C=C1CC(COCc2ccccc2)CCc2cccnc21. The van der Waals surface area contributed by atoms with Gasteiger partial charge < -0.3 is 4.74 Å². The Kier molecular flexibility index (Phi) is 4.46. The van der Waals surface area contributed by atoms with Gasteiger partial charge in [-0.1, -0.05) is 43.0 Å². The van der Waals surface area contributed by atoms with E-state index in [1.165, 1.54) is 11.1 Å². The highest BCUT2D eigenvalue weighted by Gasteiger charge is 2.19. The van der Waals surface area contributed by atoms with Gasteiger partial charge in [0.2, 0.25) is 0 Å². The van der Waals surface area contributed by atoms with Gasteiger partial charge in [0.1, 0.15) is 0 Å². The average Bonchev–Trinajstić information content (AvgIpc) is 2.68. The maximum absolute atomic E-state index is 5.90. The number of ether oxygens (including phenoxy) is 1. The molecular weight excluding hydrogens is 258 g/mol. The van der Waals surface area contributed by atoms with Crippen molar-refractivity contribution in [2.45, 2.75) is 25.9 Å². The number of aryl methyl sites for hydroxylation is 1. The molecule has 108 valence electrons. The van der Waals surface area contributed by atoms with Crippen LogP contribution in [0.1, 0.15) is 29.7 Å². The minimum absolute atomic E-state index is 0.537. The predicted molar refractivity (Wildman–Crippen MR) is 85.8 cm³/mol. The highest BCUT2D eigenvalue weighted by Crippen LogP contribution is 2.30. The molecule has 0 bridgehead atoms. The molecular formula is C19H21NO. The average molecular weight is 279 g/mol. The molecule has 0 spiro atoms. The Morgan fingerprint density at radius 3 is 2.86 bits per heavy atom. The maximum Gasteiger partial charge on any atom is 0.0717 e. The Morgan fingerprint density at radius 2 is 2.00 bits per heavy atom. The van der Waals surface area contributed by atoms with Crippen LogP contribution in [-0.2, 0) is 17.8 Å². The van der Waals surface area contributed by atoms with E-state index >= 15 is 0 Å². The Morgan fingerprint density at radius 1 is 1.14 bits per heavy atom. The van der Waals surface area contributed by atoms with E-state index in [2.05, 4.69) is 41.9 Å². The molecule has 2 heteroatoms. The van der Waals surface area contributed by atoms with Crippen LogP contribution in [0.15, 0.2) is 55.2 Å². The first kappa shape index (κ1) is 14.0. The summed E-state index contributed by atoms with van der Waals surface area (Å²) in [6.07, 6.45) is 5.06. The van der Waals surface area contributed by atoms with Gasteiger partial charge in [-0.2, -0.15) is 0 Å². The summed E-state index contributed by atoms with van der Waals surface area (Å²) in [4.78, 5) is 4.48. The first-order valence-corrected chi connectivity index (χ1v) is 7.56. The van der Waals surface area contributed by atoms with Gasteiger partial charge in [0, 0.05) is 6.20 Å². The first-order chi connectivity index (χ1) is 10.3. The Labute approximate surface area is 126 Å². The lowest BCUT2D eigenvalue weighted by Crippen LogP contribution is -2.09. The molecule has 1 aromatic carbocycles. The molecule has 0 amide bonds. The minimum atomic E-state index is 0.537. The zero-order valence-electron chi connectivity index (χ0n) is 12.3. The van der Waals surface area contributed by atoms with Crippen molar-refractivity contribution in [3.63, 3.8) is 0 Å². The number of benzene rings is 1. The normalized spacial score (nSPS) is 18.1. The third kappa shape index (κ3) is 3.59. The summed E-state index contributed by atoms with van der Waals surface area (Å²) in [7, 11) is 0. The molecule has 0 fully saturated rings. The summed E-state index contributed by atoms with van der Waals surface area (Å²) < 4.78 is 5.90. The Bertz CT molecular complexity index is 606.